The van der Waals surface area contributed by atoms with Crippen LogP contribution in [-0.4, -0.2) is 20.4 Å². The molecule has 1 atom stereocenters. The fraction of sp³-hybridized carbons (Fsp3) is 0.250. The van der Waals surface area contributed by atoms with Crippen LogP contribution in [0.25, 0.3) is 0 Å². The van der Waals surface area contributed by atoms with Crippen molar-refractivity contribution in [3.8, 4) is 0 Å². The second-order valence-corrected chi connectivity index (χ2v) is 7.73. The van der Waals surface area contributed by atoms with E-state index >= 15 is 0 Å². The van der Waals surface area contributed by atoms with E-state index in [4.69, 9.17) is 23.8 Å². The fourth-order valence-corrected chi connectivity index (χ4v) is 4.15. The summed E-state index contributed by atoms with van der Waals surface area (Å²) in [5.74, 6) is -1.99. The Labute approximate surface area is 187 Å². The summed E-state index contributed by atoms with van der Waals surface area (Å²) in [5.41, 5.74) is 2.30. The van der Waals surface area contributed by atoms with Gasteiger partial charge in [0.1, 0.15) is 11.6 Å². The Balaban J connectivity index is 0.00000256. The van der Waals surface area contributed by atoms with E-state index in [1.54, 1.807) is 23.0 Å². The van der Waals surface area contributed by atoms with Crippen LogP contribution < -0.4 is 5.32 Å². The number of carbonyl (C=O) groups excluding carboxylic acids is 1. The normalized spacial score (nSPS) is 14.8. The number of aromatic amines is 1. The number of halogens is 4. The molecule has 1 aliphatic rings. The maximum absolute atomic E-state index is 14.4. The molecule has 0 radical (unpaired) electrons. The Morgan fingerprint density at radius 3 is 2.90 bits per heavy atom. The van der Waals surface area contributed by atoms with Gasteiger partial charge in [-0.1, -0.05) is 17.7 Å². The third kappa shape index (κ3) is 4.40. The Hall–Kier alpha value is -2.29. The molecule has 4 rings (SSSR count). The van der Waals surface area contributed by atoms with Crippen molar-refractivity contribution in [2.24, 2.45) is 0 Å². The molecular weight excluding hydrogens is 453 g/mol. The number of aromatic nitrogens is 3. The van der Waals surface area contributed by atoms with Crippen LogP contribution in [0, 0.1) is 16.4 Å². The monoisotopic (exact) mass is 470 g/mol. The highest BCUT2D eigenvalue weighted by Crippen LogP contribution is 2.36. The van der Waals surface area contributed by atoms with Gasteiger partial charge >= 0.3 is 0 Å². The SMILES string of the molecule is Cl.O=C(Cc1[nH]c(=S)n2c1C[C@@H](c1c(F)ccc(Cl)c1F)C2)NCc1cccnc1. The molecule has 3 heterocycles. The Morgan fingerprint density at radius 1 is 1.37 bits per heavy atom. The predicted molar refractivity (Wildman–Crippen MR) is 114 cm³/mol. The molecular formula is C20H18Cl2F2N4OS. The van der Waals surface area contributed by atoms with Crippen molar-refractivity contribution in [3.05, 3.63) is 80.6 Å². The lowest BCUT2D eigenvalue weighted by atomic mass is 9.95. The summed E-state index contributed by atoms with van der Waals surface area (Å²) in [7, 11) is 0. The molecule has 0 unspecified atom stereocenters. The molecule has 1 aromatic carbocycles. The van der Waals surface area contributed by atoms with Crippen LogP contribution in [0.5, 0.6) is 0 Å². The zero-order chi connectivity index (χ0) is 20.5. The number of amides is 1. The van der Waals surface area contributed by atoms with Gasteiger partial charge in [0, 0.05) is 48.4 Å². The van der Waals surface area contributed by atoms with Crippen LogP contribution in [0.15, 0.2) is 36.7 Å². The molecule has 10 heteroatoms. The Bertz CT molecular complexity index is 1130. The number of pyridine rings is 1. The first-order valence-electron chi connectivity index (χ1n) is 9.03. The summed E-state index contributed by atoms with van der Waals surface area (Å²) in [6.07, 6.45) is 3.81. The number of hydrogen-bond donors (Lipinski definition) is 2. The molecule has 2 N–H and O–H groups in total. The van der Waals surface area contributed by atoms with E-state index in [0.29, 0.717) is 30.0 Å². The highest BCUT2D eigenvalue weighted by Gasteiger charge is 2.31. The molecule has 158 valence electrons. The summed E-state index contributed by atoms with van der Waals surface area (Å²) < 4.78 is 30.9. The molecule has 0 spiro atoms. The highest BCUT2D eigenvalue weighted by molar-refractivity contribution is 7.71. The molecule has 1 amide bonds. The van der Waals surface area contributed by atoms with Crippen molar-refractivity contribution in [2.75, 3.05) is 0 Å². The molecule has 2 aromatic heterocycles. The molecule has 0 aliphatic carbocycles. The number of nitrogens with zero attached hydrogens (tertiary/aromatic N) is 2. The lowest BCUT2D eigenvalue weighted by Gasteiger charge is -2.13. The quantitative estimate of drug-likeness (QED) is 0.426. The predicted octanol–water partition coefficient (Wildman–Crippen LogP) is 4.49. The number of rotatable bonds is 5. The van der Waals surface area contributed by atoms with Gasteiger partial charge in [-0.2, -0.15) is 0 Å². The molecule has 0 bridgehead atoms. The van der Waals surface area contributed by atoms with Crippen LogP contribution in [0.1, 0.15) is 28.4 Å². The first-order valence-corrected chi connectivity index (χ1v) is 9.82. The number of H-pyrrole nitrogens is 1. The van der Waals surface area contributed by atoms with Gasteiger partial charge in [0.15, 0.2) is 4.77 Å². The van der Waals surface area contributed by atoms with Gasteiger partial charge in [0.25, 0.3) is 0 Å². The standard InChI is InChI=1S/C20H17ClF2N4OS.ClH/c21-13-3-4-14(22)18(19(13)23)12-6-16-15(26-20(29)27(16)10-12)7-17(28)25-9-11-2-1-5-24-8-11;/h1-5,8,12H,6-7,9-10H2,(H,25,28)(H,26,29);1H/t12-;/m1./s1. The summed E-state index contributed by atoms with van der Waals surface area (Å²) in [6, 6.07) is 6.04. The third-order valence-electron chi connectivity index (χ3n) is 5.06. The van der Waals surface area contributed by atoms with E-state index in [1.165, 1.54) is 12.1 Å². The van der Waals surface area contributed by atoms with Crippen molar-refractivity contribution in [2.45, 2.75) is 31.8 Å². The number of nitrogens with one attached hydrogen (secondary N) is 2. The number of imidazole rings is 1. The number of hydrogen-bond acceptors (Lipinski definition) is 3. The average molecular weight is 471 g/mol. The van der Waals surface area contributed by atoms with Crippen molar-refractivity contribution in [3.63, 3.8) is 0 Å². The summed E-state index contributed by atoms with van der Waals surface area (Å²) in [6.45, 7) is 0.696. The first kappa shape index (κ1) is 22.4. The zero-order valence-electron chi connectivity index (χ0n) is 15.6. The third-order valence-corrected chi connectivity index (χ3v) is 5.67. The molecule has 5 nitrogen and oxygen atoms in total. The molecule has 30 heavy (non-hydrogen) atoms. The summed E-state index contributed by atoms with van der Waals surface area (Å²) in [4.78, 5) is 19.4. The Morgan fingerprint density at radius 2 is 2.17 bits per heavy atom. The molecule has 0 saturated heterocycles. The van der Waals surface area contributed by atoms with Crippen LogP contribution >= 0.6 is 36.2 Å². The van der Waals surface area contributed by atoms with Gasteiger partial charge < -0.3 is 14.9 Å². The molecule has 3 aromatic rings. The second kappa shape index (κ2) is 9.24. The van der Waals surface area contributed by atoms with Crippen LogP contribution in [0.3, 0.4) is 0 Å². The van der Waals surface area contributed by atoms with Crippen molar-refractivity contribution >= 4 is 42.1 Å². The van der Waals surface area contributed by atoms with Crippen molar-refractivity contribution in [1.29, 1.82) is 0 Å². The van der Waals surface area contributed by atoms with Gasteiger partial charge in [0.05, 0.1) is 11.4 Å². The maximum Gasteiger partial charge on any atom is 0.226 e. The van der Waals surface area contributed by atoms with Gasteiger partial charge in [-0.05, 0) is 42.4 Å². The minimum atomic E-state index is -0.743. The van der Waals surface area contributed by atoms with E-state index < -0.39 is 17.6 Å². The van der Waals surface area contributed by atoms with E-state index in [0.717, 1.165) is 11.3 Å². The largest absolute Gasteiger partial charge is 0.352 e. The van der Waals surface area contributed by atoms with Gasteiger partial charge in [-0.15, -0.1) is 12.4 Å². The van der Waals surface area contributed by atoms with Crippen LogP contribution in [0.2, 0.25) is 5.02 Å². The second-order valence-electron chi connectivity index (χ2n) is 6.94. The van der Waals surface area contributed by atoms with Crippen molar-refractivity contribution in [1.82, 2.24) is 19.9 Å². The van der Waals surface area contributed by atoms with Gasteiger partial charge in [-0.25, -0.2) is 8.78 Å². The van der Waals surface area contributed by atoms with Gasteiger partial charge in [0.2, 0.25) is 5.91 Å². The smallest absolute Gasteiger partial charge is 0.226 e. The number of benzene rings is 1. The fourth-order valence-electron chi connectivity index (χ4n) is 3.68. The van der Waals surface area contributed by atoms with E-state index in [1.807, 2.05) is 6.07 Å². The summed E-state index contributed by atoms with van der Waals surface area (Å²) in [5, 5.41) is 2.72. The highest BCUT2D eigenvalue weighted by atomic mass is 35.5. The van der Waals surface area contributed by atoms with Crippen LogP contribution in [0.4, 0.5) is 8.78 Å². The molecule has 1 aliphatic heterocycles. The number of carbonyl (C=O) groups is 1. The molecule has 0 fully saturated rings. The topological polar surface area (TPSA) is 62.7 Å². The minimum Gasteiger partial charge on any atom is -0.352 e. The summed E-state index contributed by atoms with van der Waals surface area (Å²) >= 11 is 11.2. The van der Waals surface area contributed by atoms with E-state index in [9.17, 15) is 13.6 Å². The lowest BCUT2D eigenvalue weighted by Crippen LogP contribution is -2.25. The molecule has 0 saturated carbocycles. The Kier molecular flexibility index (Phi) is 6.90. The minimum absolute atomic E-state index is 0. The van der Waals surface area contributed by atoms with E-state index in [-0.39, 0.29) is 35.3 Å². The van der Waals surface area contributed by atoms with E-state index in [2.05, 4.69) is 15.3 Å². The maximum atomic E-state index is 14.4. The number of fused-ring (bicyclic) bond motifs is 1. The van der Waals surface area contributed by atoms with Crippen LogP contribution in [-0.2, 0) is 30.7 Å². The average Bonchev–Trinajstić information content (AvgIpc) is 3.25. The van der Waals surface area contributed by atoms with Gasteiger partial charge in [-0.3, -0.25) is 9.78 Å². The zero-order valence-corrected chi connectivity index (χ0v) is 18.0. The van der Waals surface area contributed by atoms with Crippen molar-refractivity contribution < 1.29 is 13.6 Å². The first-order chi connectivity index (χ1) is 13.9. The lowest BCUT2D eigenvalue weighted by molar-refractivity contribution is -0.120.